The van der Waals surface area contributed by atoms with Gasteiger partial charge in [0.1, 0.15) is 12.7 Å². The Morgan fingerprint density at radius 1 is 1.22 bits per heavy atom. The highest BCUT2D eigenvalue weighted by atomic mass is 16.2. The third-order valence-corrected chi connectivity index (χ3v) is 5.52. The van der Waals surface area contributed by atoms with E-state index in [0.29, 0.717) is 18.5 Å². The van der Waals surface area contributed by atoms with Gasteiger partial charge in [-0.3, -0.25) is 9.48 Å². The van der Waals surface area contributed by atoms with Crippen LogP contribution in [0, 0.1) is 0 Å². The van der Waals surface area contributed by atoms with Gasteiger partial charge in [-0.05, 0) is 44.4 Å². The minimum absolute atomic E-state index is 0.247. The van der Waals surface area contributed by atoms with E-state index in [9.17, 15) is 4.79 Å². The molecule has 0 saturated carbocycles. The first-order valence-corrected chi connectivity index (χ1v) is 9.93. The second-order valence-electron chi connectivity index (χ2n) is 7.62. The quantitative estimate of drug-likeness (QED) is 0.845. The Labute approximate surface area is 160 Å². The van der Waals surface area contributed by atoms with Crippen molar-refractivity contribution in [2.24, 2.45) is 0 Å². The molecule has 1 aromatic carbocycles. The van der Waals surface area contributed by atoms with Crippen LogP contribution in [-0.2, 0) is 11.3 Å². The molecule has 2 saturated heterocycles. The molecule has 0 aliphatic carbocycles. The van der Waals surface area contributed by atoms with Gasteiger partial charge < -0.3 is 15.1 Å². The van der Waals surface area contributed by atoms with Crippen molar-refractivity contribution in [3.8, 4) is 0 Å². The fourth-order valence-electron chi connectivity index (χ4n) is 4.15. The molecule has 0 radical (unpaired) electrons. The largest absolute Gasteiger partial charge is 0.371 e. The number of anilines is 2. The molecule has 4 rings (SSSR count). The third kappa shape index (κ3) is 4.30. The normalized spacial score (nSPS) is 19.7. The van der Waals surface area contributed by atoms with Gasteiger partial charge in [0.05, 0.1) is 6.54 Å². The molecule has 1 amide bonds. The smallest absolute Gasteiger partial charge is 0.227 e. The van der Waals surface area contributed by atoms with Crippen LogP contribution in [-0.4, -0.2) is 52.4 Å². The average molecular weight is 368 g/mol. The maximum atomic E-state index is 12.0. The predicted molar refractivity (Wildman–Crippen MR) is 106 cm³/mol. The van der Waals surface area contributed by atoms with Crippen molar-refractivity contribution in [2.75, 3.05) is 29.4 Å². The van der Waals surface area contributed by atoms with Gasteiger partial charge in [-0.15, -0.1) is 0 Å². The molecule has 0 spiro atoms. The van der Waals surface area contributed by atoms with Gasteiger partial charge in [-0.2, -0.15) is 5.10 Å². The van der Waals surface area contributed by atoms with E-state index < -0.39 is 0 Å². The van der Waals surface area contributed by atoms with Crippen molar-refractivity contribution in [3.05, 3.63) is 36.9 Å². The molecule has 2 fully saturated rings. The summed E-state index contributed by atoms with van der Waals surface area (Å²) in [5, 5.41) is 7.90. The van der Waals surface area contributed by atoms with Crippen LogP contribution in [0.3, 0.4) is 0 Å². The standard InChI is InChI=1S/C20H28N6O/c1-16(13-25-15-21-14-22-25)23-17-7-10-24(11-8-17)18-4-2-5-19(12-18)26-9-3-6-20(26)27/h2,4-5,12,14-17,23H,3,6-11,13H2,1H3. The Morgan fingerprint density at radius 3 is 2.74 bits per heavy atom. The Balaban J connectivity index is 1.30. The minimum atomic E-state index is 0.247. The SMILES string of the molecule is CC(Cn1cncn1)NC1CCN(c2cccc(N3CCCC3=O)c2)CC1. The molecule has 2 aromatic rings. The van der Waals surface area contributed by atoms with Gasteiger partial charge in [0.25, 0.3) is 0 Å². The molecule has 144 valence electrons. The molecule has 1 N–H and O–H groups in total. The molecule has 1 aromatic heterocycles. The van der Waals surface area contributed by atoms with Gasteiger partial charge in [0.15, 0.2) is 0 Å². The number of nitrogens with zero attached hydrogens (tertiary/aromatic N) is 5. The summed E-state index contributed by atoms with van der Waals surface area (Å²) < 4.78 is 1.87. The molecule has 2 aliphatic rings. The molecule has 7 heteroatoms. The maximum absolute atomic E-state index is 12.0. The van der Waals surface area contributed by atoms with E-state index in [4.69, 9.17) is 0 Å². The van der Waals surface area contributed by atoms with Gasteiger partial charge in [0.2, 0.25) is 5.91 Å². The topological polar surface area (TPSA) is 66.3 Å². The summed E-state index contributed by atoms with van der Waals surface area (Å²) in [6.45, 7) is 5.95. The van der Waals surface area contributed by atoms with Crippen LogP contribution >= 0.6 is 0 Å². The zero-order chi connectivity index (χ0) is 18.6. The average Bonchev–Trinajstić information content (AvgIpc) is 3.34. The van der Waals surface area contributed by atoms with E-state index in [-0.39, 0.29) is 5.91 Å². The summed E-state index contributed by atoms with van der Waals surface area (Å²) in [4.78, 5) is 20.4. The molecule has 2 aliphatic heterocycles. The number of hydrogen-bond acceptors (Lipinski definition) is 5. The lowest BCUT2D eigenvalue weighted by molar-refractivity contribution is -0.117. The minimum Gasteiger partial charge on any atom is -0.371 e. The van der Waals surface area contributed by atoms with E-state index in [2.05, 4.69) is 45.4 Å². The highest BCUT2D eigenvalue weighted by Crippen LogP contribution is 2.28. The number of piperidine rings is 1. The first kappa shape index (κ1) is 18.0. The molecule has 3 heterocycles. The summed E-state index contributed by atoms with van der Waals surface area (Å²) in [6, 6.07) is 9.35. The van der Waals surface area contributed by atoms with Crippen molar-refractivity contribution in [3.63, 3.8) is 0 Å². The molecular weight excluding hydrogens is 340 g/mol. The number of amides is 1. The van der Waals surface area contributed by atoms with Crippen LogP contribution in [0.15, 0.2) is 36.9 Å². The fourth-order valence-corrected chi connectivity index (χ4v) is 4.15. The van der Waals surface area contributed by atoms with Crippen molar-refractivity contribution in [1.29, 1.82) is 0 Å². The van der Waals surface area contributed by atoms with E-state index in [1.807, 2.05) is 15.6 Å². The monoisotopic (exact) mass is 368 g/mol. The Kier molecular flexibility index (Phi) is 5.38. The van der Waals surface area contributed by atoms with Crippen LogP contribution in [0.25, 0.3) is 0 Å². The van der Waals surface area contributed by atoms with Gasteiger partial charge in [-0.25, -0.2) is 4.98 Å². The van der Waals surface area contributed by atoms with Crippen molar-refractivity contribution in [1.82, 2.24) is 20.1 Å². The highest BCUT2D eigenvalue weighted by Gasteiger charge is 2.24. The van der Waals surface area contributed by atoms with Gasteiger partial charge in [0, 0.05) is 49.5 Å². The van der Waals surface area contributed by atoms with E-state index in [1.54, 1.807) is 12.7 Å². The van der Waals surface area contributed by atoms with Crippen LogP contribution in [0.1, 0.15) is 32.6 Å². The summed E-state index contributed by atoms with van der Waals surface area (Å²) in [5.41, 5.74) is 2.26. The van der Waals surface area contributed by atoms with Crippen LogP contribution in [0.2, 0.25) is 0 Å². The van der Waals surface area contributed by atoms with Crippen molar-refractivity contribution in [2.45, 2.75) is 51.2 Å². The summed E-state index contributed by atoms with van der Waals surface area (Å²) in [5.74, 6) is 0.247. The summed E-state index contributed by atoms with van der Waals surface area (Å²) in [6.07, 6.45) is 7.22. The van der Waals surface area contributed by atoms with E-state index in [0.717, 1.165) is 51.1 Å². The zero-order valence-electron chi connectivity index (χ0n) is 15.9. The second kappa shape index (κ2) is 8.08. The molecular formula is C20H28N6O. The van der Waals surface area contributed by atoms with E-state index >= 15 is 0 Å². The highest BCUT2D eigenvalue weighted by molar-refractivity contribution is 5.95. The van der Waals surface area contributed by atoms with E-state index in [1.165, 1.54) is 5.69 Å². The molecule has 7 nitrogen and oxygen atoms in total. The second-order valence-corrected chi connectivity index (χ2v) is 7.62. The lowest BCUT2D eigenvalue weighted by atomic mass is 10.0. The molecule has 0 bridgehead atoms. The summed E-state index contributed by atoms with van der Waals surface area (Å²) in [7, 11) is 0. The number of carbonyl (C=O) groups is 1. The fraction of sp³-hybridized carbons (Fsp3) is 0.550. The predicted octanol–water partition coefficient (Wildman–Crippen LogP) is 2.05. The Bertz CT molecular complexity index is 754. The number of hydrogen-bond donors (Lipinski definition) is 1. The molecule has 27 heavy (non-hydrogen) atoms. The maximum Gasteiger partial charge on any atom is 0.227 e. The van der Waals surface area contributed by atoms with Crippen molar-refractivity contribution >= 4 is 17.3 Å². The number of nitrogens with one attached hydrogen (secondary N) is 1. The number of benzene rings is 1. The van der Waals surface area contributed by atoms with Gasteiger partial charge >= 0.3 is 0 Å². The lowest BCUT2D eigenvalue weighted by Gasteiger charge is -2.35. The van der Waals surface area contributed by atoms with Gasteiger partial charge in [-0.1, -0.05) is 6.07 Å². The third-order valence-electron chi connectivity index (χ3n) is 5.52. The van der Waals surface area contributed by atoms with Crippen LogP contribution in [0.5, 0.6) is 0 Å². The summed E-state index contributed by atoms with van der Waals surface area (Å²) >= 11 is 0. The Hall–Kier alpha value is -2.41. The zero-order valence-corrected chi connectivity index (χ0v) is 15.9. The Morgan fingerprint density at radius 2 is 2.04 bits per heavy atom. The molecule has 1 unspecified atom stereocenters. The van der Waals surface area contributed by atoms with Crippen LogP contribution < -0.4 is 15.1 Å². The first-order chi connectivity index (χ1) is 13.2. The first-order valence-electron chi connectivity index (χ1n) is 9.93. The molecule has 1 atom stereocenters. The number of rotatable bonds is 6. The number of aromatic nitrogens is 3. The lowest BCUT2D eigenvalue weighted by Crippen LogP contribution is -2.46. The number of carbonyl (C=O) groups excluding carboxylic acids is 1. The van der Waals surface area contributed by atoms with Crippen molar-refractivity contribution < 1.29 is 4.79 Å². The van der Waals surface area contributed by atoms with Crippen LogP contribution in [0.4, 0.5) is 11.4 Å².